The van der Waals surface area contributed by atoms with Crippen molar-refractivity contribution in [3.8, 4) is 5.88 Å². The number of aromatic nitrogens is 2. The first-order chi connectivity index (χ1) is 11.8. The first-order valence-electron chi connectivity index (χ1n) is 8.72. The van der Waals surface area contributed by atoms with Crippen molar-refractivity contribution >= 4 is 12.4 Å². The van der Waals surface area contributed by atoms with Gasteiger partial charge in [0, 0.05) is 58.9 Å². The molecule has 2 aliphatic heterocycles. The summed E-state index contributed by atoms with van der Waals surface area (Å²) >= 11 is 0. The normalized spacial score (nSPS) is 22.4. The van der Waals surface area contributed by atoms with E-state index in [1.54, 1.807) is 7.05 Å². The summed E-state index contributed by atoms with van der Waals surface area (Å²) in [5.41, 5.74) is 1.48. The lowest BCUT2D eigenvalue weighted by molar-refractivity contribution is -0.154. The van der Waals surface area contributed by atoms with Gasteiger partial charge in [-0.3, -0.25) is 9.80 Å². The number of nitrogens with zero attached hydrogens (tertiary/aromatic N) is 4. The molecule has 0 radical (unpaired) electrons. The highest BCUT2D eigenvalue weighted by Crippen LogP contribution is 2.27. The van der Waals surface area contributed by atoms with E-state index in [1.807, 2.05) is 6.92 Å². The number of hydrogen-bond acceptors (Lipinski definition) is 5. The second-order valence-electron chi connectivity index (χ2n) is 6.86. The Kier molecular flexibility index (Phi) is 7.18. The van der Waals surface area contributed by atoms with Gasteiger partial charge in [-0.05, 0) is 13.3 Å². The number of nitrogens with one attached hydrogen (secondary N) is 1. The molecular formula is C16H27ClF3N5O. The van der Waals surface area contributed by atoms with Crippen LogP contribution in [-0.2, 0) is 13.6 Å². The number of hydrogen-bond donors (Lipinski definition) is 1. The van der Waals surface area contributed by atoms with Crippen molar-refractivity contribution in [1.29, 1.82) is 0 Å². The van der Waals surface area contributed by atoms with Crippen LogP contribution in [0.15, 0.2) is 0 Å². The second kappa shape index (κ2) is 8.77. The van der Waals surface area contributed by atoms with Crippen molar-refractivity contribution in [2.45, 2.75) is 32.1 Å². The van der Waals surface area contributed by atoms with Gasteiger partial charge in [-0.1, -0.05) is 0 Å². The van der Waals surface area contributed by atoms with Crippen LogP contribution in [0.3, 0.4) is 0 Å². The van der Waals surface area contributed by atoms with Crippen LogP contribution in [0, 0.1) is 6.92 Å². The fourth-order valence-corrected chi connectivity index (χ4v) is 3.72. The number of halogens is 4. The lowest BCUT2D eigenvalue weighted by Crippen LogP contribution is -2.49. The highest BCUT2D eigenvalue weighted by atomic mass is 35.5. The van der Waals surface area contributed by atoms with Gasteiger partial charge in [0.1, 0.15) is 0 Å². The van der Waals surface area contributed by atoms with Crippen molar-refractivity contribution in [1.82, 2.24) is 24.9 Å². The maximum Gasteiger partial charge on any atom is 0.422 e. The van der Waals surface area contributed by atoms with E-state index in [4.69, 9.17) is 4.74 Å². The molecule has 0 amide bonds. The summed E-state index contributed by atoms with van der Waals surface area (Å²) in [5.74, 6) is 0.223. The molecule has 0 aromatic carbocycles. The molecule has 3 rings (SSSR count). The predicted octanol–water partition coefficient (Wildman–Crippen LogP) is 1.57. The van der Waals surface area contributed by atoms with E-state index >= 15 is 0 Å². The van der Waals surface area contributed by atoms with E-state index in [0.717, 1.165) is 56.9 Å². The van der Waals surface area contributed by atoms with E-state index < -0.39 is 12.8 Å². The van der Waals surface area contributed by atoms with Gasteiger partial charge in [0.2, 0.25) is 5.88 Å². The minimum absolute atomic E-state index is 0. The average Bonchev–Trinajstić information content (AvgIpc) is 3.12. The number of rotatable bonds is 5. The first-order valence-corrected chi connectivity index (χ1v) is 8.72. The molecule has 1 N–H and O–H groups in total. The number of likely N-dealkylation sites (tertiary alicyclic amines) is 1. The number of ether oxygens (including phenoxy) is 1. The molecule has 150 valence electrons. The van der Waals surface area contributed by atoms with E-state index in [0.29, 0.717) is 12.6 Å². The van der Waals surface area contributed by atoms with Crippen LogP contribution >= 0.6 is 12.4 Å². The predicted molar refractivity (Wildman–Crippen MR) is 94.9 cm³/mol. The largest absolute Gasteiger partial charge is 0.468 e. The van der Waals surface area contributed by atoms with Crippen LogP contribution < -0.4 is 10.1 Å². The lowest BCUT2D eigenvalue weighted by atomic mass is 10.2. The van der Waals surface area contributed by atoms with Crippen molar-refractivity contribution in [3.63, 3.8) is 0 Å². The summed E-state index contributed by atoms with van der Waals surface area (Å²) in [6.07, 6.45) is -3.26. The zero-order valence-electron chi connectivity index (χ0n) is 15.2. The van der Waals surface area contributed by atoms with Crippen molar-refractivity contribution < 1.29 is 17.9 Å². The van der Waals surface area contributed by atoms with Crippen LogP contribution in [-0.4, -0.2) is 77.7 Å². The van der Waals surface area contributed by atoms with Gasteiger partial charge in [0.15, 0.2) is 6.61 Å². The minimum atomic E-state index is -4.35. The molecule has 10 heteroatoms. The zero-order chi connectivity index (χ0) is 18.0. The third-order valence-corrected chi connectivity index (χ3v) is 4.96. The molecule has 2 fully saturated rings. The lowest BCUT2D eigenvalue weighted by Gasteiger charge is -2.32. The Balaban J connectivity index is 0.00000243. The molecule has 0 spiro atoms. The average molecular weight is 398 g/mol. The van der Waals surface area contributed by atoms with Crippen molar-refractivity contribution in [2.75, 3.05) is 45.9 Å². The van der Waals surface area contributed by atoms with Gasteiger partial charge >= 0.3 is 6.18 Å². The SMILES string of the molecule is Cc1nn(C)c(OCC(F)(F)F)c1CN1CCC(N2CCNCC2)C1.Cl. The Bertz CT molecular complexity index is 589. The fraction of sp³-hybridized carbons (Fsp3) is 0.812. The van der Waals surface area contributed by atoms with Crippen LogP contribution in [0.1, 0.15) is 17.7 Å². The molecule has 1 aromatic heterocycles. The highest BCUT2D eigenvalue weighted by molar-refractivity contribution is 5.85. The Morgan fingerprint density at radius 3 is 2.58 bits per heavy atom. The zero-order valence-corrected chi connectivity index (χ0v) is 16.0. The Labute approximate surface area is 158 Å². The smallest absolute Gasteiger partial charge is 0.422 e. The molecule has 1 aromatic rings. The standard InChI is InChI=1S/C16H26F3N5O.ClH/c1-12-14(15(22(2)21-12)25-11-16(17,18)19)10-23-6-3-13(9-23)24-7-4-20-5-8-24;/h13,20H,3-11H2,1-2H3;1H. The Hall–Kier alpha value is -1.03. The molecule has 2 aliphatic rings. The van der Waals surface area contributed by atoms with Crippen molar-refractivity contribution in [3.05, 3.63) is 11.3 Å². The number of aryl methyl sites for hydroxylation is 2. The molecule has 1 atom stereocenters. The maximum absolute atomic E-state index is 12.5. The molecule has 6 nitrogen and oxygen atoms in total. The molecule has 26 heavy (non-hydrogen) atoms. The highest BCUT2D eigenvalue weighted by Gasteiger charge is 2.32. The van der Waals surface area contributed by atoms with Crippen LogP contribution in [0.4, 0.5) is 13.2 Å². The maximum atomic E-state index is 12.5. The molecule has 3 heterocycles. The fourth-order valence-electron chi connectivity index (χ4n) is 3.72. The van der Waals surface area contributed by atoms with Gasteiger partial charge in [-0.2, -0.15) is 18.3 Å². The first kappa shape index (κ1) is 21.3. The summed E-state index contributed by atoms with van der Waals surface area (Å²) in [7, 11) is 1.62. The van der Waals surface area contributed by atoms with E-state index in [9.17, 15) is 13.2 Å². The van der Waals surface area contributed by atoms with Gasteiger partial charge < -0.3 is 10.1 Å². The van der Waals surface area contributed by atoms with Crippen LogP contribution in [0.2, 0.25) is 0 Å². The second-order valence-corrected chi connectivity index (χ2v) is 6.86. The van der Waals surface area contributed by atoms with Crippen LogP contribution in [0.5, 0.6) is 5.88 Å². The molecule has 0 saturated carbocycles. The number of piperazine rings is 1. The van der Waals surface area contributed by atoms with E-state index in [-0.39, 0.29) is 18.3 Å². The summed E-state index contributed by atoms with van der Waals surface area (Å²) < 4.78 is 43.9. The van der Waals surface area contributed by atoms with Crippen LogP contribution in [0.25, 0.3) is 0 Å². The summed E-state index contributed by atoms with van der Waals surface area (Å²) in [6, 6.07) is 0.527. The summed E-state index contributed by atoms with van der Waals surface area (Å²) in [5, 5.41) is 7.60. The topological polar surface area (TPSA) is 45.6 Å². The van der Waals surface area contributed by atoms with Gasteiger partial charge in [-0.15, -0.1) is 12.4 Å². The molecule has 2 saturated heterocycles. The Morgan fingerprint density at radius 1 is 1.23 bits per heavy atom. The summed E-state index contributed by atoms with van der Waals surface area (Å²) in [6.45, 7) is 7.15. The summed E-state index contributed by atoms with van der Waals surface area (Å²) in [4.78, 5) is 4.80. The monoisotopic (exact) mass is 397 g/mol. The van der Waals surface area contributed by atoms with Gasteiger partial charge in [0.05, 0.1) is 11.3 Å². The minimum Gasteiger partial charge on any atom is -0.468 e. The van der Waals surface area contributed by atoms with E-state index in [2.05, 4.69) is 20.2 Å². The third-order valence-electron chi connectivity index (χ3n) is 4.96. The Morgan fingerprint density at radius 2 is 1.92 bits per heavy atom. The van der Waals surface area contributed by atoms with Gasteiger partial charge in [-0.25, -0.2) is 4.68 Å². The molecule has 1 unspecified atom stereocenters. The third kappa shape index (κ3) is 5.25. The molecular weight excluding hydrogens is 371 g/mol. The molecule has 0 bridgehead atoms. The quantitative estimate of drug-likeness (QED) is 0.817. The van der Waals surface area contributed by atoms with Gasteiger partial charge in [0.25, 0.3) is 0 Å². The van der Waals surface area contributed by atoms with E-state index in [1.165, 1.54) is 4.68 Å². The van der Waals surface area contributed by atoms with Crippen molar-refractivity contribution in [2.24, 2.45) is 7.05 Å². The molecule has 0 aliphatic carbocycles. The number of alkyl halides is 3.